The number of fused-ring (bicyclic) bond motifs is 1. The van der Waals surface area contributed by atoms with Gasteiger partial charge in [-0.1, -0.05) is 63.3 Å². The number of carbonyl (C=O) groups excluding carboxylic acids is 6. The zero-order valence-electron chi connectivity index (χ0n) is 48.1. The van der Waals surface area contributed by atoms with E-state index >= 15 is 0 Å². The van der Waals surface area contributed by atoms with Gasteiger partial charge >= 0.3 is 35.8 Å². The molecule has 6 aromatic carbocycles. The minimum Gasteiger partial charge on any atom is -0.494 e. The minimum atomic E-state index is -0.597. The molecule has 7 aromatic rings. The molecule has 0 spiro atoms. The van der Waals surface area contributed by atoms with Gasteiger partial charge < -0.3 is 42.6 Å². The van der Waals surface area contributed by atoms with Crippen molar-refractivity contribution < 1.29 is 71.4 Å². The van der Waals surface area contributed by atoms with Gasteiger partial charge in [-0.05, 0) is 173 Å². The third-order valence-corrected chi connectivity index (χ3v) is 13.2. The molecule has 0 atom stereocenters. The fraction of sp³-hybridized carbons (Fsp3) is 0.275. The Hall–Kier alpha value is -9.90. The maximum atomic E-state index is 13.6. The zero-order chi connectivity index (χ0) is 60.7. The summed E-state index contributed by atoms with van der Waals surface area (Å²) in [5.74, 6) is -0.524. The van der Waals surface area contributed by atoms with E-state index in [1.54, 1.807) is 133 Å². The average Bonchev–Trinajstić information content (AvgIpc) is 1.24. The number of nitrogens with zero attached hydrogens (tertiary/aromatic N) is 2. The van der Waals surface area contributed by atoms with Crippen LogP contribution in [0.4, 0.5) is 0 Å². The van der Waals surface area contributed by atoms with Crippen molar-refractivity contribution >= 4 is 46.8 Å². The number of rotatable bonds is 36. The molecule has 0 unspecified atom stereocenters. The van der Waals surface area contributed by atoms with Crippen molar-refractivity contribution in [2.24, 2.45) is 0 Å². The van der Waals surface area contributed by atoms with Gasteiger partial charge in [-0.3, -0.25) is 0 Å². The van der Waals surface area contributed by atoms with Crippen LogP contribution in [0.5, 0.6) is 34.5 Å². The summed E-state index contributed by atoms with van der Waals surface area (Å²) in [6.07, 6.45) is 14.7. The first-order chi connectivity index (χ1) is 42.0. The van der Waals surface area contributed by atoms with Crippen molar-refractivity contribution in [1.29, 1.82) is 0 Å². The molecule has 17 nitrogen and oxygen atoms in total. The van der Waals surface area contributed by atoms with Crippen LogP contribution in [0.15, 0.2) is 177 Å². The van der Waals surface area contributed by atoms with Gasteiger partial charge in [0, 0.05) is 35.4 Å². The lowest BCUT2D eigenvalue weighted by molar-refractivity contribution is -0.138. The number of hydrogen-bond acceptors (Lipinski definition) is 17. The fourth-order valence-electron chi connectivity index (χ4n) is 8.59. The molecule has 17 heteroatoms. The van der Waals surface area contributed by atoms with E-state index in [1.807, 2.05) is 6.07 Å². The first kappa shape index (κ1) is 63.7. The van der Waals surface area contributed by atoms with E-state index in [4.69, 9.17) is 52.6 Å². The Balaban J connectivity index is 1.02. The van der Waals surface area contributed by atoms with Gasteiger partial charge in [0.25, 0.3) is 0 Å². The Bertz CT molecular complexity index is 3410. The molecule has 86 heavy (non-hydrogen) atoms. The summed E-state index contributed by atoms with van der Waals surface area (Å²) in [4.78, 5) is 84.3. The summed E-state index contributed by atoms with van der Waals surface area (Å²) < 4.78 is 50.4. The SMILES string of the molecule is C=CC(=O)OCCCCCCCOc1ccc(C(=O)Oc2ccc3nc(-c4cccc(OC(=O)c5ccc(OCCCCCCOC(=O)C=C)cc5)c4)c(-c4cccc(OC(=O)c5ccc(OCCCCCCOC(=O)C=C)cc5)c4)nc3c2)cc1. The van der Waals surface area contributed by atoms with Crippen molar-refractivity contribution in [3.8, 4) is 57.0 Å². The molecule has 0 aliphatic heterocycles. The first-order valence-corrected chi connectivity index (χ1v) is 28.7. The second-order valence-corrected chi connectivity index (χ2v) is 19.6. The molecule has 7 rings (SSSR count). The van der Waals surface area contributed by atoms with Crippen LogP contribution in [0.1, 0.15) is 115 Å². The molecule has 446 valence electrons. The number of carbonyl (C=O) groups is 6. The predicted molar refractivity (Wildman–Crippen MR) is 325 cm³/mol. The van der Waals surface area contributed by atoms with E-state index in [1.165, 1.54) is 0 Å². The first-order valence-electron chi connectivity index (χ1n) is 28.7. The number of ether oxygens (including phenoxy) is 9. The highest BCUT2D eigenvalue weighted by atomic mass is 16.6. The molecule has 1 aromatic heterocycles. The standard InChI is InChI=1S/C69H70N2O15/c1-4-62(72)81-43-17-9-7-8-14-40-78-54-36-30-51(31-37-54)69(77)86-59-38-39-60-61(48-59)71-66(53-23-21-25-58(47-53)85-68(76)50-28-34-56(35-29-50)80-42-16-11-13-19-45-83-64(74)6-3)65(70-60)52-22-20-24-57(46-52)84-67(75)49-26-32-55(33-27-49)79-41-15-10-12-18-44-82-63(73)5-2/h4-6,20-39,46-48H,1-3,7-19,40-45H2. The molecule has 1 heterocycles. The van der Waals surface area contributed by atoms with E-state index in [0.29, 0.717) is 107 Å². The summed E-state index contributed by atoms with van der Waals surface area (Å²) in [5.41, 5.74) is 3.67. The molecular weight excluding hydrogens is 1100 g/mol. The summed E-state index contributed by atoms with van der Waals surface area (Å²) in [6, 6.07) is 38.8. The number of unbranched alkanes of at least 4 members (excludes halogenated alkanes) is 10. The maximum Gasteiger partial charge on any atom is 0.343 e. The summed E-state index contributed by atoms with van der Waals surface area (Å²) in [7, 11) is 0. The molecule has 0 radical (unpaired) electrons. The molecule has 0 aliphatic rings. The van der Waals surface area contributed by atoms with Gasteiger partial charge in [-0.2, -0.15) is 0 Å². The molecule has 0 saturated carbocycles. The Morgan fingerprint density at radius 1 is 0.326 bits per heavy atom. The van der Waals surface area contributed by atoms with E-state index in [-0.39, 0.29) is 17.2 Å². The zero-order valence-corrected chi connectivity index (χ0v) is 48.1. The van der Waals surface area contributed by atoms with E-state index < -0.39 is 35.8 Å². The molecule has 0 aliphatic carbocycles. The van der Waals surface area contributed by atoms with Crippen LogP contribution >= 0.6 is 0 Å². The van der Waals surface area contributed by atoms with Gasteiger partial charge in [-0.25, -0.2) is 38.7 Å². The Morgan fingerprint density at radius 2 is 0.628 bits per heavy atom. The lowest BCUT2D eigenvalue weighted by Crippen LogP contribution is -2.09. The van der Waals surface area contributed by atoms with Crippen LogP contribution in [-0.4, -0.2) is 85.4 Å². The normalized spacial score (nSPS) is 10.7. The van der Waals surface area contributed by atoms with Crippen LogP contribution in [0.3, 0.4) is 0 Å². The summed E-state index contributed by atoms with van der Waals surface area (Å²) in [6.45, 7) is 12.7. The van der Waals surface area contributed by atoms with Crippen LogP contribution in [0, 0.1) is 0 Å². The van der Waals surface area contributed by atoms with Gasteiger partial charge in [0.15, 0.2) is 0 Å². The van der Waals surface area contributed by atoms with Crippen molar-refractivity contribution in [3.63, 3.8) is 0 Å². The third kappa shape index (κ3) is 21.1. The van der Waals surface area contributed by atoms with Gasteiger partial charge in [0.1, 0.15) is 34.5 Å². The quantitative estimate of drug-likeness (QED) is 0.0117. The molecule has 0 saturated heterocycles. The smallest absolute Gasteiger partial charge is 0.343 e. The van der Waals surface area contributed by atoms with Crippen LogP contribution < -0.4 is 28.4 Å². The number of aromatic nitrogens is 2. The average molecular weight is 1170 g/mol. The minimum absolute atomic E-state index is 0.223. The summed E-state index contributed by atoms with van der Waals surface area (Å²) >= 11 is 0. The second kappa shape index (κ2) is 34.6. The Labute approximate surface area is 500 Å². The van der Waals surface area contributed by atoms with Crippen LogP contribution in [-0.2, 0) is 28.6 Å². The van der Waals surface area contributed by atoms with Gasteiger partial charge in [0.2, 0.25) is 0 Å². The monoisotopic (exact) mass is 1170 g/mol. The highest BCUT2D eigenvalue weighted by Crippen LogP contribution is 2.35. The van der Waals surface area contributed by atoms with Crippen molar-refractivity contribution in [3.05, 3.63) is 194 Å². The predicted octanol–water partition coefficient (Wildman–Crippen LogP) is 14.0. The third-order valence-electron chi connectivity index (χ3n) is 13.2. The second-order valence-electron chi connectivity index (χ2n) is 19.6. The van der Waals surface area contributed by atoms with E-state index in [0.717, 1.165) is 102 Å². The number of esters is 6. The van der Waals surface area contributed by atoms with Gasteiger partial charge in [-0.15, -0.1) is 0 Å². The fourth-order valence-corrected chi connectivity index (χ4v) is 8.59. The lowest BCUT2D eigenvalue weighted by atomic mass is 10.0. The molecule has 0 bridgehead atoms. The van der Waals surface area contributed by atoms with E-state index in [2.05, 4.69) is 19.7 Å². The van der Waals surface area contributed by atoms with Crippen molar-refractivity contribution in [2.45, 2.75) is 83.5 Å². The highest BCUT2D eigenvalue weighted by Gasteiger charge is 2.19. The lowest BCUT2D eigenvalue weighted by Gasteiger charge is -2.14. The van der Waals surface area contributed by atoms with Crippen molar-refractivity contribution in [1.82, 2.24) is 9.97 Å². The van der Waals surface area contributed by atoms with Gasteiger partial charge in [0.05, 0.1) is 78.8 Å². The van der Waals surface area contributed by atoms with E-state index in [9.17, 15) is 28.8 Å². The number of benzene rings is 6. The van der Waals surface area contributed by atoms with Crippen LogP contribution in [0.25, 0.3) is 33.5 Å². The Kier molecular flexibility index (Phi) is 25.7. The number of hydrogen-bond donors (Lipinski definition) is 0. The summed E-state index contributed by atoms with van der Waals surface area (Å²) in [5, 5.41) is 0. The topological polar surface area (TPSA) is 211 Å². The van der Waals surface area contributed by atoms with Crippen molar-refractivity contribution in [2.75, 3.05) is 39.6 Å². The largest absolute Gasteiger partial charge is 0.494 e. The molecule has 0 fully saturated rings. The maximum absolute atomic E-state index is 13.6. The highest BCUT2D eigenvalue weighted by molar-refractivity contribution is 5.94. The molecule has 0 amide bonds. The Morgan fingerprint density at radius 3 is 0.977 bits per heavy atom. The van der Waals surface area contributed by atoms with Crippen LogP contribution in [0.2, 0.25) is 0 Å². The molecular formula is C69H70N2O15. The molecule has 0 N–H and O–H groups in total.